The van der Waals surface area contributed by atoms with Gasteiger partial charge in [-0.1, -0.05) is 19.8 Å². The molecule has 1 saturated heterocycles. The van der Waals surface area contributed by atoms with E-state index in [1.807, 2.05) is 6.92 Å². The molecule has 110 valence electrons. The van der Waals surface area contributed by atoms with E-state index in [4.69, 9.17) is 4.74 Å². The molecular formula is C15H23N3O2. The molecule has 1 aliphatic carbocycles. The Labute approximate surface area is 119 Å². The molecule has 0 bridgehead atoms. The van der Waals surface area contributed by atoms with Gasteiger partial charge in [0, 0.05) is 12.2 Å². The molecular weight excluding hydrogens is 254 g/mol. The maximum atomic E-state index is 12.1. The molecule has 5 nitrogen and oxygen atoms in total. The molecule has 1 aromatic rings. The summed E-state index contributed by atoms with van der Waals surface area (Å²) in [5.74, 6) is 0.615. The number of ether oxygens (including phenoxy) is 1. The minimum absolute atomic E-state index is 0.0958. The highest BCUT2D eigenvalue weighted by Crippen LogP contribution is 2.37. The zero-order valence-electron chi connectivity index (χ0n) is 12.0. The minimum Gasteiger partial charge on any atom is -0.373 e. The normalized spacial score (nSPS) is 29.1. The van der Waals surface area contributed by atoms with Gasteiger partial charge in [-0.15, -0.1) is 0 Å². The Morgan fingerprint density at radius 3 is 3.15 bits per heavy atom. The van der Waals surface area contributed by atoms with Gasteiger partial charge in [0.25, 0.3) is 5.91 Å². The van der Waals surface area contributed by atoms with Crippen LogP contribution in [0.4, 0.5) is 0 Å². The second-order valence-corrected chi connectivity index (χ2v) is 5.87. The van der Waals surface area contributed by atoms with Crippen LogP contribution in [-0.2, 0) is 11.2 Å². The molecule has 1 aromatic heterocycles. The minimum atomic E-state index is -0.0958. The molecule has 20 heavy (non-hydrogen) atoms. The fourth-order valence-corrected chi connectivity index (χ4v) is 3.47. The topological polar surface area (TPSA) is 67.0 Å². The number of H-pyrrole nitrogens is 1. The van der Waals surface area contributed by atoms with Crippen LogP contribution in [0.15, 0.2) is 6.33 Å². The number of rotatable bonds is 4. The number of nitrogens with zero attached hydrogens (tertiary/aromatic N) is 1. The summed E-state index contributed by atoms with van der Waals surface area (Å²) in [6.07, 6.45) is 9.15. The van der Waals surface area contributed by atoms with Gasteiger partial charge in [0.15, 0.2) is 0 Å². The Morgan fingerprint density at radius 1 is 1.50 bits per heavy atom. The van der Waals surface area contributed by atoms with Crippen LogP contribution in [0, 0.1) is 5.92 Å². The number of aromatic amines is 1. The predicted molar refractivity (Wildman–Crippen MR) is 75.5 cm³/mol. The van der Waals surface area contributed by atoms with Crippen LogP contribution in [-0.4, -0.2) is 34.6 Å². The van der Waals surface area contributed by atoms with E-state index in [-0.39, 0.29) is 12.0 Å². The third-order valence-electron chi connectivity index (χ3n) is 4.55. The second kappa shape index (κ2) is 5.95. The largest absolute Gasteiger partial charge is 0.373 e. The molecule has 3 atom stereocenters. The van der Waals surface area contributed by atoms with Gasteiger partial charge >= 0.3 is 0 Å². The van der Waals surface area contributed by atoms with Gasteiger partial charge in [0.2, 0.25) is 0 Å². The number of hydrogen-bond donors (Lipinski definition) is 2. The van der Waals surface area contributed by atoms with Crippen LogP contribution in [0.1, 0.15) is 55.2 Å². The summed E-state index contributed by atoms with van der Waals surface area (Å²) in [6.45, 7) is 2.61. The molecule has 0 spiro atoms. The number of fused-ring (bicyclic) bond motifs is 1. The maximum absolute atomic E-state index is 12.1. The molecule has 0 aromatic carbocycles. The van der Waals surface area contributed by atoms with Gasteiger partial charge in [-0.05, 0) is 31.6 Å². The summed E-state index contributed by atoms with van der Waals surface area (Å²) in [5.41, 5.74) is 1.41. The highest BCUT2D eigenvalue weighted by molar-refractivity contribution is 5.93. The summed E-state index contributed by atoms with van der Waals surface area (Å²) in [5, 5.41) is 2.96. The van der Waals surface area contributed by atoms with E-state index in [1.54, 1.807) is 6.33 Å². The van der Waals surface area contributed by atoms with Gasteiger partial charge < -0.3 is 15.0 Å². The van der Waals surface area contributed by atoms with Crippen LogP contribution in [0.2, 0.25) is 0 Å². The number of carbonyl (C=O) groups excluding carboxylic acids is 1. The van der Waals surface area contributed by atoms with E-state index in [2.05, 4.69) is 15.3 Å². The lowest BCUT2D eigenvalue weighted by molar-refractivity contribution is 0.0194. The summed E-state index contributed by atoms with van der Waals surface area (Å²) in [4.78, 5) is 19.2. The van der Waals surface area contributed by atoms with Crippen molar-refractivity contribution in [3.05, 3.63) is 17.7 Å². The first-order chi connectivity index (χ1) is 9.78. The Bertz CT molecular complexity index is 457. The van der Waals surface area contributed by atoms with Gasteiger partial charge in [0.1, 0.15) is 5.69 Å². The van der Waals surface area contributed by atoms with Crippen molar-refractivity contribution in [3.8, 4) is 0 Å². The van der Waals surface area contributed by atoms with Crippen LogP contribution in [0.25, 0.3) is 0 Å². The standard InChI is InChI=1S/C15H23N3O2/c1-2-12-14(18-9-17-12)15(19)16-8-11-7-10-5-3-4-6-13(10)20-11/h9-11,13H,2-8H2,1H3,(H,16,19)(H,17,18)/t10-,11?,13+/m0/s1. The van der Waals surface area contributed by atoms with Crippen LogP contribution >= 0.6 is 0 Å². The highest BCUT2D eigenvalue weighted by Gasteiger charge is 2.36. The molecule has 1 amide bonds. The molecule has 1 saturated carbocycles. The zero-order valence-corrected chi connectivity index (χ0v) is 12.0. The lowest BCUT2D eigenvalue weighted by Gasteiger charge is -2.23. The van der Waals surface area contributed by atoms with Crippen LogP contribution in [0.5, 0.6) is 0 Å². The average Bonchev–Trinajstić information content (AvgIpc) is 3.10. The van der Waals surface area contributed by atoms with E-state index in [9.17, 15) is 4.79 Å². The number of aromatic nitrogens is 2. The molecule has 1 unspecified atom stereocenters. The predicted octanol–water partition coefficient (Wildman–Crippen LogP) is 2.05. The first-order valence-corrected chi connectivity index (χ1v) is 7.73. The molecule has 2 heterocycles. The third kappa shape index (κ3) is 2.73. The van der Waals surface area contributed by atoms with Gasteiger partial charge in [-0.25, -0.2) is 4.98 Å². The molecule has 1 aliphatic heterocycles. The summed E-state index contributed by atoms with van der Waals surface area (Å²) >= 11 is 0. The molecule has 2 N–H and O–H groups in total. The monoisotopic (exact) mass is 277 g/mol. The number of imidazole rings is 1. The quantitative estimate of drug-likeness (QED) is 0.885. The van der Waals surface area contributed by atoms with Crippen molar-refractivity contribution in [2.24, 2.45) is 5.92 Å². The lowest BCUT2D eigenvalue weighted by Crippen LogP contribution is -2.33. The van der Waals surface area contributed by atoms with Crippen molar-refractivity contribution in [1.29, 1.82) is 0 Å². The van der Waals surface area contributed by atoms with E-state index >= 15 is 0 Å². The number of nitrogens with one attached hydrogen (secondary N) is 2. The van der Waals surface area contributed by atoms with Crippen molar-refractivity contribution in [2.45, 2.75) is 57.7 Å². The number of carbonyl (C=O) groups is 1. The average molecular weight is 277 g/mol. The van der Waals surface area contributed by atoms with Gasteiger partial charge in [0.05, 0.1) is 18.5 Å². The fourth-order valence-electron chi connectivity index (χ4n) is 3.47. The van der Waals surface area contributed by atoms with Crippen LogP contribution in [0.3, 0.4) is 0 Å². The van der Waals surface area contributed by atoms with Crippen molar-refractivity contribution in [3.63, 3.8) is 0 Å². The maximum Gasteiger partial charge on any atom is 0.271 e. The second-order valence-electron chi connectivity index (χ2n) is 5.87. The van der Waals surface area contributed by atoms with E-state index in [0.717, 1.165) is 18.5 Å². The zero-order chi connectivity index (χ0) is 13.9. The van der Waals surface area contributed by atoms with Gasteiger partial charge in [-0.2, -0.15) is 0 Å². The van der Waals surface area contributed by atoms with Crippen LogP contribution < -0.4 is 5.32 Å². The van der Waals surface area contributed by atoms with E-state index in [1.165, 1.54) is 25.7 Å². The summed E-state index contributed by atoms with van der Waals surface area (Å²) in [7, 11) is 0. The summed E-state index contributed by atoms with van der Waals surface area (Å²) in [6, 6.07) is 0. The van der Waals surface area contributed by atoms with Crippen molar-refractivity contribution < 1.29 is 9.53 Å². The number of amides is 1. The molecule has 2 aliphatic rings. The fraction of sp³-hybridized carbons (Fsp3) is 0.733. The molecule has 3 rings (SSSR count). The number of hydrogen-bond acceptors (Lipinski definition) is 3. The number of aryl methyl sites for hydroxylation is 1. The molecule has 0 radical (unpaired) electrons. The SMILES string of the molecule is CCc1[nH]cnc1C(=O)NCC1C[C@@H]2CCCC[C@H]2O1. The Morgan fingerprint density at radius 2 is 2.35 bits per heavy atom. The van der Waals surface area contributed by atoms with Gasteiger partial charge in [-0.3, -0.25) is 4.79 Å². The van der Waals surface area contributed by atoms with Crippen molar-refractivity contribution in [2.75, 3.05) is 6.54 Å². The van der Waals surface area contributed by atoms with E-state index < -0.39 is 0 Å². The third-order valence-corrected chi connectivity index (χ3v) is 4.55. The Hall–Kier alpha value is -1.36. The first-order valence-electron chi connectivity index (χ1n) is 7.73. The van der Waals surface area contributed by atoms with Crippen molar-refractivity contribution in [1.82, 2.24) is 15.3 Å². The first kappa shape index (κ1) is 13.6. The van der Waals surface area contributed by atoms with E-state index in [0.29, 0.717) is 24.3 Å². The van der Waals surface area contributed by atoms with Crippen molar-refractivity contribution >= 4 is 5.91 Å². The highest BCUT2D eigenvalue weighted by atomic mass is 16.5. The molecule has 5 heteroatoms. The molecule has 2 fully saturated rings. The smallest absolute Gasteiger partial charge is 0.271 e. The Kier molecular flexibility index (Phi) is 4.05. The Balaban J connectivity index is 1.51. The summed E-state index contributed by atoms with van der Waals surface area (Å²) < 4.78 is 6.05. The lowest BCUT2D eigenvalue weighted by atomic mass is 9.85.